The number of aliphatic hydroxyl groups excluding tert-OH is 1. The van der Waals surface area contributed by atoms with Crippen LogP contribution in [0.3, 0.4) is 0 Å². The number of hydrogen-bond acceptors (Lipinski definition) is 7. The molecule has 122 valence electrons. The van der Waals surface area contributed by atoms with Crippen LogP contribution in [-0.2, 0) is 14.0 Å². The number of nitrogens with two attached hydrogens (primary N) is 1. The lowest BCUT2D eigenvalue weighted by Crippen LogP contribution is -2.36. The fourth-order valence-corrected chi connectivity index (χ4v) is 2.52. The van der Waals surface area contributed by atoms with Gasteiger partial charge in [0.15, 0.2) is 6.23 Å². The van der Waals surface area contributed by atoms with Crippen LogP contribution < -0.4 is 11.4 Å². The summed E-state index contributed by atoms with van der Waals surface area (Å²) < 4.78 is 22.5. The normalized spacial score (nSPS) is 29.3. The van der Waals surface area contributed by atoms with Crippen LogP contribution in [0.4, 0.5) is 5.82 Å². The number of aromatic nitrogens is 2. The fraction of sp³-hybridized carbons (Fsp3) is 0.455. The molecule has 0 amide bonds. The van der Waals surface area contributed by atoms with E-state index in [1.54, 1.807) is 0 Å². The maximum atomic E-state index is 11.8. The highest BCUT2D eigenvalue weighted by molar-refractivity contribution is 7.55. The van der Waals surface area contributed by atoms with E-state index in [9.17, 15) is 14.5 Å². The standard InChI is InChI=1S/C11H16N3O7P/c1-20-9-8(15)6(3-5-22(17,18)19)21-10(9)14-4-2-7(12)13-11(14)16/h2-6,8-10,15H,1H3,(H2,12,13,16)(H2,17,18,19). The topological polar surface area (TPSA) is 157 Å². The van der Waals surface area contributed by atoms with E-state index in [-0.39, 0.29) is 5.82 Å². The van der Waals surface area contributed by atoms with Gasteiger partial charge in [-0.2, -0.15) is 4.98 Å². The van der Waals surface area contributed by atoms with Crippen molar-refractivity contribution in [2.45, 2.75) is 24.5 Å². The Bertz CT molecular complexity index is 670. The van der Waals surface area contributed by atoms with Gasteiger partial charge in [0.25, 0.3) is 0 Å². The van der Waals surface area contributed by atoms with Gasteiger partial charge in [0.05, 0.1) is 0 Å². The minimum absolute atomic E-state index is 0.0340. The zero-order valence-corrected chi connectivity index (χ0v) is 12.4. The van der Waals surface area contributed by atoms with Crippen LogP contribution >= 0.6 is 7.60 Å². The van der Waals surface area contributed by atoms with Crippen LogP contribution in [0.2, 0.25) is 0 Å². The zero-order valence-electron chi connectivity index (χ0n) is 11.5. The first-order valence-corrected chi connectivity index (χ1v) is 7.86. The molecule has 22 heavy (non-hydrogen) atoms. The van der Waals surface area contributed by atoms with Crippen LogP contribution in [0, 0.1) is 0 Å². The third-order valence-corrected chi connectivity index (χ3v) is 3.68. The minimum Gasteiger partial charge on any atom is -0.387 e. The molecule has 1 fully saturated rings. The maximum Gasteiger partial charge on any atom is 0.351 e. The van der Waals surface area contributed by atoms with Crippen LogP contribution in [0.5, 0.6) is 0 Å². The van der Waals surface area contributed by atoms with Gasteiger partial charge < -0.3 is 30.1 Å². The second-order valence-corrected chi connectivity index (χ2v) is 6.13. The highest BCUT2D eigenvalue weighted by Gasteiger charge is 2.44. The number of aliphatic hydroxyl groups is 1. The SMILES string of the molecule is COC1C(O)C(C=CP(=O)(O)O)OC1n1ccc(N)nc1=O. The number of ether oxygens (including phenoxy) is 2. The second-order valence-electron chi connectivity index (χ2n) is 4.66. The second kappa shape index (κ2) is 6.29. The number of nitrogen functional groups attached to an aromatic ring is 1. The molecule has 10 nitrogen and oxygen atoms in total. The molecule has 11 heteroatoms. The molecule has 2 heterocycles. The Hall–Kier alpha value is -1.55. The third kappa shape index (κ3) is 3.61. The zero-order chi connectivity index (χ0) is 16.5. The minimum atomic E-state index is -4.39. The molecule has 1 aromatic heterocycles. The van der Waals surface area contributed by atoms with E-state index in [2.05, 4.69) is 4.98 Å². The fourth-order valence-electron chi connectivity index (χ4n) is 2.13. The summed E-state index contributed by atoms with van der Waals surface area (Å²) in [6, 6.07) is 1.38. The van der Waals surface area contributed by atoms with Crippen molar-refractivity contribution in [1.82, 2.24) is 9.55 Å². The summed E-state index contributed by atoms with van der Waals surface area (Å²) in [6.45, 7) is 0. The lowest BCUT2D eigenvalue weighted by molar-refractivity contribution is -0.0490. The lowest BCUT2D eigenvalue weighted by Gasteiger charge is -2.20. The van der Waals surface area contributed by atoms with Crippen molar-refractivity contribution in [3.8, 4) is 0 Å². The first-order chi connectivity index (χ1) is 10.2. The predicted molar refractivity (Wildman–Crippen MR) is 74.8 cm³/mol. The maximum absolute atomic E-state index is 11.8. The number of anilines is 1. The predicted octanol–water partition coefficient (Wildman–Crippen LogP) is -1.21. The van der Waals surface area contributed by atoms with Gasteiger partial charge in [-0.25, -0.2) is 4.79 Å². The highest BCUT2D eigenvalue weighted by Crippen LogP contribution is 2.38. The van der Waals surface area contributed by atoms with Gasteiger partial charge in [-0.3, -0.25) is 9.13 Å². The van der Waals surface area contributed by atoms with Crippen LogP contribution in [0.1, 0.15) is 6.23 Å². The molecule has 1 aliphatic rings. The summed E-state index contributed by atoms with van der Waals surface area (Å²) in [5.41, 5.74) is 4.70. The Morgan fingerprint density at radius 2 is 2.23 bits per heavy atom. The van der Waals surface area contributed by atoms with E-state index in [4.69, 9.17) is 25.0 Å². The summed E-state index contributed by atoms with van der Waals surface area (Å²) >= 11 is 0. The molecule has 4 unspecified atom stereocenters. The van der Waals surface area contributed by atoms with E-state index in [0.29, 0.717) is 5.82 Å². The van der Waals surface area contributed by atoms with Gasteiger partial charge in [0.2, 0.25) is 0 Å². The van der Waals surface area contributed by atoms with E-state index < -0.39 is 37.8 Å². The van der Waals surface area contributed by atoms with Crippen LogP contribution in [-0.4, -0.2) is 49.9 Å². The molecule has 1 aromatic rings. The molecule has 5 N–H and O–H groups in total. The molecule has 0 spiro atoms. The van der Waals surface area contributed by atoms with Crippen LogP contribution in [0.15, 0.2) is 29.0 Å². The van der Waals surface area contributed by atoms with E-state index in [1.807, 2.05) is 0 Å². The number of hydrogen-bond donors (Lipinski definition) is 4. The first kappa shape index (κ1) is 16.8. The van der Waals surface area contributed by atoms with Crippen molar-refractivity contribution < 1.29 is 28.9 Å². The van der Waals surface area contributed by atoms with Crippen molar-refractivity contribution in [3.63, 3.8) is 0 Å². The summed E-state index contributed by atoms with van der Waals surface area (Å²) in [7, 11) is -3.08. The largest absolute Gasteiger partial charge is 0.387 e. The Labute approximate surface area is 125 Å². The molecule has 4 atom stereocenters. The number of rotatable bonds is 4. The monoisotopic (exact) mass is 333 g/mol. The first-order valence-electron chi connectivity index (χ1n) is 6.18. The lowest BCUT2D eigenvalue weighted by atomic mass is 10.1. The molecular formula is C11H16N3O7P. The van der Waals surface area contributed by atoms with Crippen molar-refractivity contribution >= 4 is 13.4 Å². The summed E-state index contributed by atoms with van der Waals surface area (Å²) in [4.78, 5) is 33.0. The molecule has 2 rings (SSSR count). The Kier molecular flexibility index (Phi) is 4.81. The quantitative estimate of drug-likeness (QED) is 0.496. The molecule has 0 aliphatic carbocycles. The molecule has 1 aliphatic heterocycles. The number of methoxy groups -OCH3 is 1. The van der Waals surface area contributed by atoms with Gasteiger partial charge in [0, 0.05) is 19.1 Å². The Morgan fingerprint density at radius 1 is 1.55 bits per heavy atom. The Morgan fingerprint density at radius 3 is 2.77 bits per heavy atom. The van der Waals surface area contributed by atoms with Gasteiger partial charge in [-0.15, -0.1) is 0 Å². The molecule has 0 saturated carbocycles. The summed E-state index contributed by atoms with van der Waals surface area (Å²) in [5.74, 6) is 0.659. The van der Waals surface area contributed by atoms with Crippen molar-refractivity contribution in [2.75, 3.05) is 12.8 Å². The van der Waals surface area contributed by atoms with Crippen molar-refractivity contribution in [2.24, 2.45) is 0 Å². The third-order valence-electron chi connectivity index (χ3n) is 3.12. The molecule has 0 aromatic carbocycles. The van der Waals surface area contributed by atoms with Gasteiger partial charge in [0.1, 0.15) is 24.1 Å². The smallest absolute Gasteiger partial charge is 0.351 e. The highest BCUT2D eigenvalue weighted by atomic mass is 31.2. The average molecular weight is 333 g/mol. The summed E-state index contributed by atoms with van der Waals surface area (Å²) in [6.07, 6.45) is -1.83. The molecule has 0 radical (unpaired) electrons. The molecular weight excluding hydrogens is 317 g/mol. The Balaban J connectivity index is 2.31. The van der Waals surface area contributed by atoms with Crippen molar-refractivity contribution in [3.05, 3.63) is 34.6 Å². The summed E-state index contributed by atoms with van der Waals surface area (Å²) in [5, 5.41) is 10.1. The average Bonchev–Trinajstić information content (AvgIpc) is 2.72. The van der Waals surface area contributed by atoms with Gasteiger partial charge in [-0.05, 0) is 12.1 Å². The van der Waals surface area contributed by atoms with Gasteiger partial charge in [-0.1, -0.05) is 0 Å². The van der Waals surface area contributed by atoms with Crippen molar-refractivity contribution in [1.29, 1.82) is 0 Å². The number of nitrogens with zero attached hydrogens (tertiary/aromatic N) is 2. The van der Waals surface area contributed by atoms with E-state index in [1.165, 1.54) is 19.4 Å². The molecule has 1 saturated heterocycles. The molecule has 0 bridgehead atoms. The van der Waals surface area contributed by atoms with E-state index in [0.717, 1.165) is 10.6 Å². The van der Waals surface area contributed by atoms with E-state index >= 15 is 0 Å². The van der Waals surface area contributed by atoms with Gasteiger partial charge >= 0.3 is 13.3 Å². The van der Waals surface area contributed by atoms with Crippen LogP contribution in [0.25, 0.3) is 0 Å².